The van der Waals surface area contributed by atoms with E-state index >= 15 is 0 Å². The number of sulfonamides is 1. The van der Waals surface area contributed by atoms with Gasteiger partial charge in [0.25, 0.3) is 10.0 Å². The van der Waals surface area contributed by atoms with Crippen LogP contribution in [0.15, 0.2) is 41.6 Å². The van der Waals surface area contributed by atoms with Crippen molar-refractivity contribution in [1.82, 2.24) is 20.0 Å². The Kier molecular flexibility index (Phi) is 10.4. The van der Waals surface area contributed by atoms with Gasteiger partial charge in [-0.25, -0.2) is 22.3 Å². The number of amides is 1. The molecule has 1 saturated heterocycles. The summed E-state index contributed by atoms with van der Waals surface area (Å²) in [6.07, 6.45) is 3.01. The van der Waals surface area contributed by atoms with Gasteiger partial charge in [-0.3, -0.25) is 14.8 Å². The Morgan fingerprint density at radius 2 is 1.86 bits per heavy atom. The molecule has 1 aromatic carbocycles. The predicted octanol–water partition coefficient (Wildman–Crippen LogP) is 3.66. The molecule has 0 radical (unpaired) electrons. The van der Waals surface area contributed by atoms with Crippen LogP contribution in [0.4, 0.5) is 10.5 Å². The molecule has 0 spiro atoms. The maximum atomic E-state index is 14.4. The minimum absolute atomic E-state index is 0.000210. The first-order valence-corrected chi connectivity index (χ1v) is 16.2. The minimum atomic E-state index is -4.57. The summed E-state index contributed by atoms with van der Waals surface area (Å²) in [5, 5.41) is 6.54. The van der Waals surface area contributed by atoms with Gasteiger partial charge in [-0.05, 0) is 65.3 Å². The number of ether oxygens (including phenoxy) is 2. The van der Waals surface area contributed by atoms with Crippen molar-refractivity contribution in [3.05, 3.63) is 36.7 Å². The largest absolute Gasteiger partial charge is 0.461 e. The Balaban J connectivity index is 2.21. The Bertz CT molecular complexity index is 1390. The summed E-state index contributed by atoms with van der Waals surface area (Å²) in [4.78, 5) is 41.3. The van der Waals surface area contributed by atoms with E-state index in [0.717, 1.165) is 17.1 Å². The number of anilines is 1. The fourth-order valence-corrected chi connectivity index (χ4v) is 7.38. The average Bonchev–Trinajstić information content (AvgIpc) is 3.54. The second kappa shape index (κ2) is 13.0. The number of unbranched alkanes of at least 4 members (excludes halogenated alkanes) is 1. The highest BCUT2D eigenvalue weighted by Gasteiger charge is 2.57. The molecule has 12 nitrogen and oxygen atoms in total. The zero-order chi connectivity index (χ0) is 31.5. The molecule has 0 unspecified atom stereocenters. The van der Waals surface area contributed by atoms with Gasteiger partial charge in [0.05, 0.1) is 18.0 Å². The minimum Gasteiger partial charge on any atom is -0.461 e. The molecule has 0 saturated carbocycles. The molecule has 2 aromatic rings. The maximum absolute atomic E-state index is 14.4. The topological polar surface area (TPSA) is 140 Å². The number of benzene rings is 1. The highest BCUT2D eigenvalue weighted by molar-refractivity contribution is 8.01. The summed E-state index contributed by atoms with van der Waals surface area (Å²) in [6, 6.07) is 5.55. The van der Waals surface area contributed by atoms with Crippen LogP contribution < -0.4 is 14.4 Å². The molecule has 0 bridgehead atoms. The number of nitrogens with zero attached hydrogens (tertiary/aromatic N) is 4. The van der Waals surface area contributed by atoms with Crippen LogP contribution in [0.25, 0.3) is 0 Å². The van der Waals surface area contributed by atoms with Crippen LogP contribution in [0, 0.1) is 0 Å². The molecule has 2 heterocycles. The zero-order valence-corrected chi connectivity index (χ0v) is 27.0. The van der Waals surface area contributed by atoms with Crippen molar-refractivity contribution in [2.45, 2.75) is 88.4 Å². The number of thioether (sulfide) groups is 1. The maximum Gasteiger partial charge on any atom is 0.414 e. The second-order valence-corrected chi connectivity index (χ2v) is 14.3. The lowest BCUT2D eigenvalue weighted by molar-refractivity contribution is -0.156. The second-order valence-electron chi connectivity index (χ2n) is 11.4. The third-order valence-corrected chi connectivity index (χ3v) is 9.94. The molecule has 42 heavy (non-hydrogen) atoms. The fraction of sp³-hybridized carbons (Fsp3) is 0.571. The van der Waals surface area contributed by atoms with Crippen LogP contribution in [0.5, 0.6) is 5.75 Å². The summed E-state index contributed by atoms with van der Waals surface area (Å²) >= 11 is 1.30. The van der Waals surface area contributed by atoms with Crippen LogP contribution in [0.2, 0.25) is 0 Å². The van der Waals surface area contributed by atoms with Crippen molar-refractivity contribution < 1.29 is 32.3 Å². The molecule has 2 atom stereocenters. The molecule has 3 rings (SSSR count). The lowest BCUT2D eigenvalue weighted by Gasteiger charge is -2.39. The Labute approximate surface area is 252 Å². The molecule has 1 aromatic heterocycles. The van der Waals surface area contributed by atoms with E-state index in [9.17, 15) is 22.8 Å². The van der Waals surface area contributed by atoms with E-state index in [1.165, 1.54) is 79.0 Å². The Hall–Kier alpha value is -3.10. The normalized spacial score (nSPS) is 17.9. The van der Waals surface area contributed by atoms with Crippen LogP contribution in [0.3, 0.4) is 0 Å². The first-order valence-electron chi connectivity index (χ1n) is 13.7. The van der Waals surface area contributed by atoms with Crippen LogP contribution in [-0.2, 0) is 30.9 Å². The van der Waals surface area contributed by atoms with E-state index in [1.54, 1.807) is 13.8 Å². The van der Waals surface area contributed by atoms with E-state index in [1.807, 2.05) is 20.8 Å². The number of ketones is 1. The lowest BCUT2D eigenvalue weighted by atomic mass is 9.94. The van der Waals surface area contributed by atoms with Crippen molar-refractivity contribution in [2.75, 3.05) is 24.2 Å². The van der Waals surface area contributed by atoms with Gasteiger partial charge < -0.3 is 14.4 Å². The van der Waals surface area contributed by atoms with Crippen molar-refractivity contribution >= 4 is 45.3 Å². The predicted molar refractivity (Wildman–Crippen MR) is 161 cm³/mol. The number of hydrogen-bond donors (Lipinski definition) is 1. The van der Waals surface area contributed by atoms with Gasteiger partial charge in [-0.15, -0.1) is 11.8 Å². The van der Waals surface area contributed by atoms with E-state index in [2.05, 4.69) is 10.4 Å². The van der Waals surface area contributed by atoms with Gasteiger partial charge in [0, 0.05) is 38.1 Å². The van der Waals surface area contributed by atoms with Gasteiger partial charge >= 0.3 is 12.1 Å². The molecule has 1 amide bonds. The summed E-state index contributed by atoms with van der Waals surface area (Å²) in [5.74, 6) is -0.968. The third kappa shape index (κ3) is 7.27. The zero-order valence-electron chi connectivity index (χ0n) is 25.4. The van der Waals surface area contributed by atoms with E-state index in [0.29, 0.717) is 12.3 Å². The highest BCUT2D eigenvalue weighted by Crippen LogP contribution is 2.38. The number of esters is 1. The molecule has 0 aliphatic carbocycles. The highest BCUT2D eigenvalue weighted by atomic mass is 32.2. The fourth-order valence-electron chi connectivity index (χ4n) is 4.24. The standard InChI is InChI=1S/C28H41N5O7S2/c1-9-10-15-32-17-22(16-29-32)42(37,38)33(20-11-13-21(14-12-20)40-26(36)31(7)8)28(6,25(35)39-19(2)3)23(34)24-30-27(4,5)18-41-24/h11-14,16-17,19,24,30H,9-10,15,18H2,1-8H3/t24-,28+/m0/s1. The van der Waals surface area contributed by atoms with Crippen molar-refractivity contribution in [1.29, 1.82) is 0 Å². The first-order chi connectivity index (χ1) is 19.5. The molecule has 1 aliphatic rings. The molecule has 1 aliphatic heterocycles. The quantitative estimate of drug-likeness (QED) is 0.275. The molecule has 1 fully saturated rings. The third-order valence-electron chi connectivity index (χ3n) is 6.53. The van der Waals surface area contributed by atoms with Crippen molar-refractivity contribution in [2.24, 2.45) is 0 Å². The summed E-state index contributed by atoms with van der Waals surface area (Å²) in [7, 11) is -1.52. The summed E-state index contributed by atoms with van der Waals surface area (Å²) in [5.41, 5.74) is -2.74. The SMILES string of the molecule is CCCCn1cc(S(=O)(=O)N(c2ccc(OC(=O)N(C)C)cc2)[C@@](C)(C(=O)OC(C)C)C(=O)[C@H]2NC(C)(C)CS2)cn1. The number of hydrogen-bond acceptors (Lipinski definition) is 10. The number of Topliss-reactive ketones (excluding diaryl/α,β-unsaturated/α-hetero) is 1. The van der Waals surface area contributed by atoms with Gasteiger partial charge in [-0.2, -0.15) is 5.10 Å². The molecule has 1 N–H and O–H groups in total. The van der Waals surface area contributed by atoms with Gasteiger partial charge in [-0.1, -0.05) is 13.3 Å². The van der Waals surface area contributed by atoms with Crippen molar-refractivity contribution in [3.63, 3.8) is 0 Å². The Morgan fingerprint density at radius 3 is 2.38 bits per heavy atom. The number of rotatable bonds is 12. The van der Waals surface area contributed by atoms with Gasteiger partial charge in [0.15, 0.2) is 5.78 Å². The number of aryl methyl sites for hydroxylation is 1. The first kappa shape index (κ1) is 33.4. The van der Waals surface area contributed by atoms with Crippen LogP contribution >= 0.6 is 11.8 Å². The van der Waals surface area contributed by atoms with Crippen LogP contribution in [0.1, 0.15) is 54.4 Å². The van der Waals surface area contributed by atoms with E-state index in [4.69, 9.17) is 9.47 Å². The number of aromatic nitrogens is 2. The van der Waals surface area contributed by atoms with Crippen LogP contribution in [-0.4, -0.2) is 83.3 Å². The van der Waals surface area contributed by atoms with E-state index < -0.39 is 50.4 Å². The molecule has 232 valence electrons. The van der Waals surface area contributed by atoms with Gasteiger partial charge in [0.2, 0.25) is 5.54 Å². The monoisotopic (exact) mass is 623 g/mol. The summed E-state index contributed by atoms with van der Waals surface area (Å²) in [6.45, 7) is 10.9. The number of carbonyl (C=O) groups is 3. The van der Waals surface area contributed by atoms with Crippen molar-refractivity contribution in [3.8, 4) is 5.75 Å². The molecular formula is C28H41N5O7S2. The average molecular weight is 624 g/mol. The summed E-state index contributed by atoms with van der Waals surface area (Å²) < 4.78 is 42.1. The Morgan fingerprint density at radius 1 is 1.21 bits per heavy atom. The van der Waals surface area contributed by atoms with Gasteiger partial charge in [0.1, 0.15) is 16.0 Å². The number of carbonyl (C=O) groups excluding carboxylic acids is 3. The lowest BCUT2D eigenvalue weighted by Crippen LogP contribution is -2.65. The molecular weight excluding hydrogens is 582 g/mol. The molecule has 14 heteroatoms. The van der Waals surface area contributed by atoms with E-state index in [-0.39, 0.29) is 16.3 Å². The smallest absolute Gasteiger partial charge is 0.414 e. The number of nitrogens with one attached hydrogen (secondary N) is 1.